The van der Waals surface area contributed by atoms with Crippen molar-refractivity contribution in [2.24, 2.45) is 5.73 Å². The second-order valence-electron chi connectivity index (χ2n) is 6.22. The summed E-state index contributed by atoms with van der Waals surface area (Å²) in [6, 6.07) is 17.0. The number of amides is 1. The van der Waals surface area contributed by atoms with Gasteiger partial charge in [0.15, 0.2) is 11.5 Å². The van der Waals surface area contributed by atoms with Crippen LogP contribution in [-0.2, 0) is 11.4 Å². The normalized spacial score (nSPS) is 11.2. The van der Waals surface area contributed by atoms with Crippen LogP contribution < -0.4 is 20.5 Å². The quantitative estimate of drug-likeness (QED) is 0.613. The topological polar surface area (TPSA) is 110 Å². The number of carbonyl (C=O) groups excluding carboxylic acids is 1. The zero-order valence-corrected chi connectivity index (χ0v) is 15.8. The average molecular weight is 388 g/mol. The number of benzene rings is 2. The number of carbonyl (C=O) groups is 1. The van der Waals surface area contributed by atoms with Gasteiger partial charge in [0.1, 0.15) is 12.6 Å². The monoisotopic (exact) mass is 388 g/mol. The molecule has 0 aliphatic carbocycles. The maximum absolute atomic E-state index is 12.1. The van der Waals surface area contributed by atoms with Crippen molar-refractivity contribution in [2.45, 2.75) is 12.6 Å². The number of hydrogen-bond donors (Lipinski definition) is 2. The van der Waals surface area contributed by atoms with Crippen molar-refractivity contribution in [1.29, 1.82) is 5.26 Å². The van der Waals surface area contributed by atoms with E-state index in [2.05, 4.69) is 16.4 Å². The number of nitrogens with zero attached hydrogens (tertiary/aromatic N) is 2. The van der Waals surface area contributed by atoms with Crippen molar-refractivity contribution in [3.63, 3.8) is 0 Å². The molecule has 3 rings (SSSR count). The van der Waals surface area contributed by atoms with Crippen molar-refractivity contribution in [3.05, 3.63) is 83.7 Å². The summed E-state index contributed by atoms with van der Waals surface area (Å²) in [6.07, 6.45) is 3.40. The van der Waals surface area contributed by atoms with E-state index in [0.717, 1.165) is 5.56 Å². The molecule has 0 spiro atoms. The molecular formula is C22H20N4O3. The van der Waals surface area contributed by atoms with Gasteiger partial charge in [0.25, 0.3) is 0 Å². The van der Waals surface area contributed by atoms with Gasteiger partial charge < -0.3 is 20.5 Å². The summed E-state index contributed by atoms with van der Waals surface area (Å²) in [5, 5.41) is 12.0. The number of ether oxygens (including phenoxy) is 2. The van der Waals surface area contributed by atoms with Crippen LogP contribution in [0.2, 0.25) is 0 Å². The molecule has 0 saturated carbocycles. The molecule has 2 aromatic carbocycles. The number of rotatable bonds is 8. The van der Waals surface area contributed by atoms with Gasteiger partial charge in [0.2, 0.25) is 5.91 Å². The molecule has 0 radical (unpaired) electrons. The van der Waals surface area contributed by atoms with E-state index in [9.17, 15) is 4.79 Å². The summed E-state index contributed by atoms with van der Waals surface area (Å²) in [5.41, 5.74) is 8.42. The summed E-state index contributed by atoms with van der Waals surface area (Å²) in [7, 11) is 1.53. The lowest BCUT2D eigenvalue weighted by Gasteiger charge is -2.19. The molecule has 0 bridgehead atoms. The van der Waals surface area contributed by atoms with Gasteiger partial charge in [-0.15, -0.1) is 0 Å². The number of anilines is 1. The zero-order valence-electron chi connectivity index (χ0n) is 15.8. The molecule has 0 saturated heterocycles. The minimum Gasteiger partial charge on any atom is -0.493 e. The molecule has 1 amide bonds. The largest absolute Gasteiger partial charge is 0.493 e. The fourth-order valence-corrected chi connectivity index (χ4v) is 2.75. The summed E-state index contributed by atoms with van der Waals surface area (Å²) in [4.78, 5) is 16.0. The Labute approximate surface area is 168 Å². The Kier molecular flexibility index (Phi) is 6.28. The maximum atomic E-state index is 12.1. The van der Waals surface area contributed by atoms with E-state index in [0.29, 0.717) is 34.9 Å². The van der Waals surface area contributed by atoms with Crippen molar-refractivity contribution in [1.82, 2.24) is 4.98 Å². The molecular weight excluding hydrogens is 368 g/mol. The molecule has 7 nitrogen and oxygen atoms in total. The Morgan fingerprint density at radius 2 is 1.86 bits per heavy atom. The van der Waals surface area contributed by atoms with Crippen molar-refractivity contribution in [2.75, 3.05) is 12.4 Å². The first-order chi connectivity index (χ1) is 14.1. The summed E-state index contributed by atoms with van der Waals surface area (Å²) in [6.45, 7) is 0.362. The molecule has 29 heavy (non-hydrogen) atoms. The van der Waals surface area contributed by atoms with Crippen LogP contribution in [0.15, 0.2) is 67.0 Å². The minimum absolute atomic E-state index is 0.362. The Morgan fingerprint density at radius 1 is 1.14 bits per heavy atom. The third-order valence-corrected chi connectivity index (χ3v) is 4.27. The van der Waals surface area contributed by atoms with Crippen LogP contribution in [0.3, 0.4) is 0 Å². The highest BCUT2D eigenvalue weighted by Gasteiger charge is 2.20. The number of primary amides is 1. The molecule has 0 aliphatic rings. The molecule has 1 atom stereocenters. The van der Waals surface area contributed by atoms with Gasteiger partial charge in [-0.2, -0.15) is 5.26 Å². The first-order valence-electron chi connectivity index (χ1n) is 8.86. The predicted octanol–water partition coefficient (Wildman–Crippen LogP) is 3.18. The fraction of sp³-hybridized carbons (Fsp3) is 0.136. The number of nitrogens with one attached hydrogen (secondary N) is 1. The molecule has 0 fully saturated rings. The third kappa shape index (κ3) is 5.02. The van der Waals surface area contributed by atoms with Crippen LogP contribution in [-0.4, -0.2) is 18.0 Å². The van der Waals surface area contributed by atoms with E-state index in [1.54, 1.807) is 54.9 Å². The molecule has 146 valence electrons. The molecule has 3 N–H and O–H groups in total. The van der Waals surface area contributed by atoms with Gasteiger partial charge in [-0.25, -0.2) is 0 Å². The van der Waals surface area contributed by atoms with E-state index in [1.165, 1.54) is 7.11 Å². The summed E-state index contributed by atoms with van der Waals surface area (Å²) >= 11 is 0. The van der Waals surface area contributed by atoms with Gasteiger partial charge in [0.05, 0.1) is 18.7 Å². The number of pyridine rings is 1. The molecule has 1 aromatic heterocycles. The van der Waals surface area contributed by atoms with Crippen LogP contribution in [0.25, 0.3) is 0 Å². The van der Waals surface area contributed by atoms with Gasteiger partial charge in [-0.05, 0) is 59.7 Å². The van der Waals surface area contributed by atoms with Gasteiger partial charge >= 0.3 is 0 Å². The molecule has 1 heterocycles. The van der Waals surface area contributed by atoms with Crippen molar-refractivity contribution >= 4 is 11.6 Å². The van der Waals surface area contributed by atoms with Gasteiger partial charge in [-0.3, -0.25) is 9.78 Å². The standard InChI is InChI=1S/C22H20N4O3/c1-28-20-12-17(4-7-19(20)29-14-16-8-10-25-11-9-16)21(22(24)27)26-18-5-2-15(13-23)3-6-18/h2-12,21,26H,14H2,1H3,(H2,24,27). The highest BCUT2D eigenvalue weighted by atomic mass is 16.5. The second-order valence-corrected chi connectivity index (χ2v) is 6.22. The lowest BCUT2D eigenvalue weighted by Crippen LogP contribution is -2.27. The molecule has 1 unspecified atom stereocenters. The van der Waals surface area contributed by atoms with Gasteiger partial charge in [0, 0.05) is 18.1 Å². The van der Waals surface area contributed by atoms with E-state index < -0.39 is 11.9 Å². The van der Waals surface area contributed by atoms with Crippen LogP contribution in [0, 0.1) is 11.3 Å². The molecule has 0 aliphatic heterocycles. The molecule has 3 aromatic rings. The van der Waals surface area contributed by atoms with Crippen LogP contribution in [0.4, 0.5) is 5.69 Å². The Hall–Kier alpha value is -4.05. The number of aromatic nitrogens is 1. The van der Waals surface area contributed by atoms with E-state index in [1.807, 2.05) is 12.1 Å². The Bertz CT molecular complexity index is 1010. The van der Waals surface area contributed by atoms with Crippen molar-refractivity contribution in [3.8, 4) is 17.6 Å². The van der Waals surface area contributed by atoms with E-state index in [4.69, 9.17) is 20.5 Å². The number of hydrogen-bond acceptors (Lipinski definition) is 6. The van der Waals surface area contributed by atoms with E-state index in [-0.39, 0.29) is 0 Å². The molecule has 7 heteroatoms. The Balaban J connectivity index is 1.79. The zero-order chi connectivity index (χ0) is 20.6. The summed E-state index contributed by atoms with van der Waals surface area (Å²) < 4.78 is 11.3. The van der Waals surface area contributed by atoms with Crippen LogP contribution in [0.5, 0.6) is 11.5 Å². The fourth-order valence-electron chi connectivity index (χ4n) is 2.75. The maximum Gasteiger partial charge on any atom is 0.244 e. The minimum atomic E-state index is -0.772. The SMILES string of the molecule is COc1cc(C(Nc2ccc(C#N)cc2)C(N)=O)ccc1OCc1ccncc1. The first kappa shape index (κ1) is 19.7. The number of methoxy groups -OCH3 is 1. The van der Waals surface area contributed by atoms with E-state index >= 15 is 0 Å². The lowest BCUT2D eigenvalue weighted by atomic mass is 10.0. The third-order valence-electron chi connectivity index (χ3n) is 4.27. The summed E-state index contributed by atoms with van der Waals surface area (Å²) in [5.74, 6) is 0.501. The number of nitrogens with two attached hydrogens (primary N) is 1. The smallest absolute Gasteiger partial charge is 0.244 e. The number of nitriles is 1. The highest BCUT2D eigenvalue weighted by Crippen LogP contribution is 2.32. The Morgan fingerprint density at radius 3 is 2.48 bits per heavy atom. The second kappa shape index (κ2) is 9.24. The van der Waals surface area contributed by atoms with Gasteiger partial charge in [-0.1, -0.05) is 6.07 Å². The predicted molar refractivity (Wildman–Crippen MR) is 108 cm³/mol. The average Bonchev–Trinajstić information content (AvgIpc) is 2.77. The van der Waals surface area contributed by atoms with Crippen LogP contribution in [0.1, 0.15) is 22.7 Å². The highest BCUT2D eigenvalue weighted by molar-refractivity contribution is 5.84. The van der Waals surface area contributed by atoms with Crippen molar-refractivity contribution < 1.29 is 14.3 Å². The lowest BCUT2D eigenvalue weighted by molar-refractivity contribution is -0.118. The first-order valence-corrected chi connectivity index (χ1v) is 8.86. The van der Waals surface area contributed by atoms with Crippen LogP contribution >= 0.6 is 0 Å².